The maximum absolute atomic E-state index is 13.5. The molecule has 0 saturated heterocycles. The molecule has 1 amide bonds. The Hall–Kier alpha value is -3.14. The number of aromatic hydroxyl groups is 1. The smallest absolute Gasteiger partial charge is 0.265 e. The Balaban J connectivity index is 0.00000341. The zero-order chi connectivity index (χ0) is 21.8. The topological polar surface area (TPSA) is 81.6 Å². The molecule has 0 aliphatic heterocycles. The van der Waals surface area contributed by atoms with Gasteiger partial charge in [0.15, 0.2) is 29.0 Å². The Bertz CT molecular complexity index is 1060. The van der Waals surface area contributed by atoms with Gasteiger partial charge in [-0.3, -0.25) is 15.3 Å². The highest BCUT2D eigenvalue weighted by Gasteiger charge is 2.20. The predicted molar refractivity (Wildman–Crippen MR) is 107 cm³/mol. The summed E-state index contributed by atoms with van der Waals surface area (Å²) in [5, 5.41) is 21.3. The average molecular weight is 457 g/mol. The van der Waals surface area contributed by atoms with Crippen molar-refractivity contribution in [2.45, 2.75) is 12.6 Å². The number of carbonyl (C=O) groups is 1. The van der Waals surface area contributed by atoms with Crippen LogP contribution in [0.1, 0.15) is 17.2 Å². The van der Waals surface area contributed by atoms with Crippen molar-refractivity contribution in [3.8, 4) is 16.9 Å². The molecule has 0 radical (unpaired) electrons. The standard InChI is InChI=1S/C21H16F4N2O3.ClH/c22-15-6-1-11(7-18(15)28)10-26-20(21(29)27-30)13-4-2-12(3-5-13)14-8-16(23)19(25)17(24)9-14;/h1-9,20,26,28,30H,10H2,(H,27,29);1H. The summed E-state index contributed by atoms with van der Waals surface area (Å²) in [6, 6.07) is 10.3. The Kier molecular flexibility index (Phi) is 7.98. The highest BCUT2D eigenvalue weighted by atomic mass is 35.5. The van der Waals surface area contributed by atoms with Gasteiger partial charge in [0.1, 0.15) is 6.04 Å². The van der Waals surface area contributed by atoms with Crippen molar-refractivity contribution in [3.05, 3.63) is 89.0 Å². The molecule has 0 heterocycles. The second kappa shape index (κ2) is 10.3. The van der Waals surface area contributed by atoms with Gasteiger partial charge in [-0.05, 0) is 46.5 Å². The molecule has 0 aliphatic rings. The van der Waals surface area contributed by atoms with Crippen LogP contribution in [-0.4, -0.2) is 16.2 Å². The molecule has 4 N–H and O–H groups in total. The molecular weight excluding hydrogens is 440 g/mol. The van der Waals surface area contributed by atoms with Crippen molar-refractivity contribution in [3.63, 3.8) is 0 Å². The van der Waals surface area contributed by atoms with Crippen LogP contribution in [0.3, 0.4) is 0 Å². The number of carbonyl (C=O) groups excluding carboxylic acids is 1. The molecule has 1 unspecified atom stereocenters. The third-order valence-electron chi connectivity index (χ3n) is 4.45. The molecule has 0 spiro atoms. The van der Waals surface area contributed by atoms with Crippen LogP contribution in [0, 0.1) is 23.3 Å². The molecule has 164 valence electrons. The van der Waals surface area contributed by atoms with Gasteiger partial charge in [-0.1, -0.05) is 30.3 Å². The molecule has 0 aromatic heterocycles. The number of amides is 1. The fourth-order valence-corrected chi connectivity index (χ4v) is 2.90. The van der Waals surface area contributed by atoms with Crippen molar-refractivity contribution in [1.82, 2.24) is 10.8 Å². The summed E-state index contributed by atoms with van der Waals surface area (Å²) in [6.45, 7) is 0.0576. The summed E-state index contributed by atoms with van der Waals surface area (Å²) in [5.41, 5.74) is 2.91. The first-order valence-corrected chi connectivity index (χ1v) is 8.69. The number of phenols is 1. The first-order valence-electron chi connectivity index (χ1n) is 8.69. The van der Waals surface area contributed by atoms with Gasteiger partial charge in [-0.2, -0.15) is 0 Å². The van der Waals surface area contributed by atoms with Gasteiger partial charge >= 0.3 is 0 Å². The Morgan fingerprint density at radius 1 is 0.871 bits per heavy atom. The summed E-state index contributed by atoms with van der Waals surface area (Å²) in [4.78, 5) is 12.1. The molecule has 0 saturated carbocycles. The molecule has 0 aliphatic carbocycles. The Morgan fingerprint density at radius 2 is 1.48 bits per heavy atom. The summed E-state index contributed by atoms with van der Waals surface area (Å²) >= 11 is 0. The van der Waals surface area contributed by atoms with E-state index >= 15 is 0 Å². The fourth-order valence-electron chi connectivity index (χ4n) is 2.90. The summed E-state index contributed by atoms with van der Waals surface area (Å²) in [5.74, 6) is -6.32. The fraction of sp³-hybridized carbons (Fsp3) is 0.0952. The molecule has 3 aromatic carbocycles. The van der Waals surface area contributed by atoms with E-state index in [1.807, 2.05) is 0 Å². The van der Waals surface area contributed by atoms with E-state index < -0.39 is 41.0 Å². The lowest BCUT2D eigenvalue weighted by atomic mass is 10.00. The number of nitrogens with one attached hydrogen (secondary N) is 2. The largest absolute Gasteiger partial charge is 0.505 e. The molecule has 5 nitrogen and oxygen atoms in total. The van der Waals surface area contributed by atoms with Crippen LogP contribution in [0.4, 0.5) is 17.6 Å². The average Bonchev–Trinajstić information content (AvgIpc) is 2.74. The lowest BCUT2D eigenvalue weighted by Crippen LogP contribution is -2.35. The second-order valence-corrected chi connectivity index (χ2v) is 6.45. The summed E-state index contributed by atoms with van der Waals surface area (Å²) in [6.07, 6.45) is 0. The van der Waals surface area contributed by atoms with Crippen LogP contribution in [-0.2, 0) is 11.3 Å². The predicted octanol–water partition coefficient (Wildman–Crippen LogP) is 4.37. The molecule has 10 heteroatoms. The van der Waals surface area contributed by atoms with Gasteiger partial charge < -0.3 is 5.11 Å². The quantitative estimate of drug-likeness (QED) is 0.192. The van der Waals surface area contributed by atoms with Crippen molar-refractivity contribution in [2.24, 2.45) is 0 Å². The van der Waals surface area contributed by atoms with Crippen LogP contribution >= 0.6 is 12.4 Å². The zero-order valence-electron chi connectivity index (χ0n) is 15.7. The minimum atomic E-state index is -1.56. The second-order valence-electron chi connectivity index (χ2n) is 6.45. The number of rotatable bonds is 6. The van der Waals surface area contributed by atoms with E-state index in [9.17, 15) is 27.5 Å². The molecule has 0 fully saturated rings. The van der Waals surface area contributed by atoms with Crippen molar-refractivity contribution < 1.29 is 32.7 Å². The highest BCUT2D eigenvalue weighted by molar-refractivity contribution is 5.85. The third-order valence-corrected chi connectivity index (χ3v) is 4.45. The Labute approximate surface area is 180 Å². The Morgan fingerprint density at radius 3 is 2.03 bits per heavy atom. The van der Waals surface area contributed by atoms with Crippen LogP contribution in [0.15, 0.2) is 54.6 Å². The zero-order valence-corrected chi connectivity index (χ0v) is 16.5. The third kappa shape index (κ3) is 5.52. The van der Waals surface area contributed by atoms with E-state index in [1.54, 1.807) is 0 Å². The SMILES string of the molecule is Cl.O=C(NO)C(NCc1ccc(F)c(O)c1)c1ccc(-c2cc(F)c(F)c(F)c2)cc1. The number of hydrogen-bond donors (Lipinski definition) is 4. The van der Waals surface area contributed by atoms with E-state index in [0.29, 0.717) is 16.7 Å². The highest BCUT2D eigenvalue weighted by Crippen LogP contribution is 2.26. The van der Waals surface area contributed by atoms with Gasteiger partial charge in [-0.15, -0.1) is 12.4 Å². The summed E-state index contributed by atoms with van der Waals surface area (Å²) in [7, 11) is 0. The van der Waals surface area contributed by atoms with Crippen molar-refractivity contribution >= 4 is 18.3 Å². The molecule has 3 rings (SSSR count). The van der Waals surface area contributed by atoms with Gasteiger partial charge in [0.2, 0.25) is 0 Å². The maximum atomic E-state index is 13.5. The molecule has 31 heavy (non-hydrogen) atoms. The number of hydrogen-bond acceptors (Lipinski definition) is 4. The van der Waals surface area contributed by atoms with E-state index in [2.05, 4.69) is 5.32 Å². The van der Waals surface area contributed by atoms with E-state index in [-0.39, 0.29) is 24.5 Å². The minimum absolute atomic E-state index is 0. The van der Waals surface area contributed by atoms with Gasteiger partial charge in [0, 0.05) is 6.54 Å². The summed E-state index contributed by atoms with van der Waals surface area (Å²) < 4.78 is 53.2. The minimum Gasteiger partial charge on any atom is -0.505 e. The lowest BCUT2D eigenvalue weighted by molar-refractivity contribution is -0.131. The van der Waals surface area contributed by atoms with Crippen molar-refractivity contribution in [2.75, 3.05) is 0 Å². The van der Waals surface area contributed by atoms with Crippen molar-refractivity contribution in [1.29, 1.82) is 0 Å². The van der Waals surface area contributed by atoms with Crippen LogP contribution in [0.5, 0.6) is 5.75 Å². The molecular formula is C21H17ClF4N2O3. The molecule has 3 aromatic rings. The molecule has 0 bridgehead atoms. The molecule has 1 atom stereocenters. The lowest BCUT2D eigenvalue weighted by Gasteiger charge is -2.18. The number of halogens is 5. The number of hydroxylamine groups is 1. The van der Waals surface area contributed by atoms with Gasteiger partial charge in [-0.25, -0.2) is 23.0 Å². The monoisotopic (exact) mass is 456 g/mol. The van der Waals surface area contributed by atoms with E-state index in [4.69, 9.17) is 5.21 Å². The van der Waals surface area contributed by atoms with E-state index in [1.165, 1.54) is 41.9 Å². The van der Waals surface area contributed by atoms with Gasteiger partial charge in [0.05, 0.1) is 0 Å². The number of benzene rings is 3. The first kappa shape index (κ1) is 24.1. The van der Waals surface area contributed by atoms with Crippen LogP contribution in [0.25, 0.3) is 11.1 Å². The van der Waals surface area contributed by atoms with Crippen LogP contribution < -0.4 is 10.8 Å². The maximum Gasteiger partial charge on any atom is 0.265 e. The van der Waals surface area contributed by atoms with Crippen LogP contribution in [0.2, 0.25) is 0 Å². The van der Waals surface area contributed by atoms with E-state index in [0.717, 1.165) is 18.2 Å². The number of phenolic OH excluding ortho intramolecular Hbond substituents is 1. The normalized spacial score (nSPS) is 11.5. The first-order chi connectivity index (χ1) is 14.3. The van der Waals surface area contributed by atoms with Gasteiger partial charge in [0.25, 0.3) is 5.91 Å².